The fourth-order valence-corrected chi connectivity index (χ4v) is 1.51. The first-order chi connectivity index (χ1) is 4.70. The van der Waals surface area contributed by atoms with E-state index in [1.807, 2.05) is 6.82 Å². The Balaban J connectivity index is 2.26. The standard InChI is InChI=1S/C7H16BNO/c1-8(10)7-3-5-9(2)6-4-7/h7,10H,3-6H2,1-2H3. The predicted molar refractivity (Wildman–Crippen MR) is 44.3 cm³/mol. The van der Waals surface area contributed by atoms with Gasteiger partial charge in [0, 0.05) is 0 Å². The first-order valence-corrected chi connectivity index (χ1v) is 4.07. The van der Waals surface area contributed by atoms with Crippen LogP contribution >= 0.6 is 0 Å². The molecule has 0 aromatic heterocycles. The summed E-state index contributed by atoms with van der Waals surface area (Å²) in [5.41, 5.74) is 0. The molecule has 1 N–H and O–H groups in total. The van der Waals surface area contributed by atoms with E-state index < -0.39 is 0 Å². The van der Waals surface area contributed by atoms with Crippen molar-refractivity contribution >= 4 is 6.92 Å². The van der Waals surface area contributed by atoms with Crippen molar-refractivity contribution in [3.05, 3.63) is 0 Å². The monoisotopic (exact) mass is 141 g/mol. The van der Waals surface area contributed by atoms with Crippen molar-refractivity contribution in [2.75, 3.05) is 20.1 Å². The van der Waals surface area contributed by atoms with Crippen molar-refractivity contribution in [1.82, 2.24) is 4.90 Å². The molecule has 1 aliphatic heterocycles. The van der Waals surface area contributed by atoms with Crippen molar-refractivity contribution < 1.29 is 5.02 Å². The molecule has 10 heavy (non-hydrogen) atoms. The van der Waals surface area contributed by atoms with E-state index in [9.17, 15) is 5.02 Å². The highest BCUT2D eigenvalue weighted by Crippen LogP contribution is 2.23. The van der Waals surface area contributed by atoms with Crippen molar-refractivity contribution in [3.63, 3.8) is 0 Å². The first kappa shape index (κ1) is 8.09. The van der Waals surface area contributed by atoms with Crippen LogP contribution in [0.5, 0.6) is 0 Å². The lowest BCUT2D eigenvalue weighted by molar-refractivity contribution is 0.269. The van der Waals surface area contributed by atoms with Crippen LogP contribution in [-0.4, -0.2) is 37.0 Å². The van der Waals surface area contributed by atoms with Crippen LogP contribution in [0.3, 0.4) is 0 Å². The molecule has 1 fully saturated rings. The fraction of sp³-hybridized carbons (Fsp3) is 1.00. The number of piperidine rings is 1. The fourth-order valence-electron chi connectivity index (χ4n) is 1.51. The van der Waals surface area contributed by atoms with Gasteiger partial charge in [0.2, 0.25) is 0 Å². The van der Waals surface area contributed by atoms with E-state index in [4.69, 9.17) is 0 Å². The summed E-state index contributed by atoms with van der Waals surface area (Å²) in [6.07, 6.45) is 2.32. The zero-order chi connectivity index (χ0) is 7.56. The molecule has 0 bridgehead atoms. The van der Waals surface area contributed by atoms with E-state index in [1.54, 1.807) is 0 Å². The van der Waals surface area contributed by atoms with E-state index in [0.29, 0.717) is 5.82 Å². The third-order valence-corrected chi connectivity index (χ3v) is 2.45. The Labute approximate surface area is 63.3 Å². The molecule has 0 aromatic rings. The van der Waals surface area contributed by atoms with Gasteiger partial charge in [-0.15, -0.1) is 0 Å². The van der Waals surface area contributed by atoms with Gasteiger partial charge >= 0.3 is 0 Å². The van der Waals surface area contributed by atoms with Gasteiger partial charge in [0.25, 0.3) is 6.92 Å². The van der Waals surface area contributed by atoms with Gasteiger partial charge in [-0.3, -0.25) is 0 Å². The van der Waals surface area contributed by atoms with Gasteiger partial charge in [0.1, 0.15) is 0 Å². The lowest BCUT2D eigenvalue weighted by atomic mass is 9.55. The summed E-state index contributed by atoms with van der Waals surface area (Å²) in [5, 5.41) is 9.24. The molecule has 0 aromatic carbocycles. The van der Waals surface area contributed by atoms with Crippen LogP contribution in [0, 0.1) is 0 Å². The Morgan fingerprint density at radius 3 is 2.30 bits per heavy atom. The average molecular weight is 141 g/mol. The molecule has 0 unspecified atom stereocenters. The number of hydrogen-bond acceptors (Lipinski definition) is 2. The zero-order valence-corrected chi connectivity index (χ0v) is 6.88. The van der Waals surface area contributed by atoms with Crippen molar-refractivity contribution in [1.29, 1.82) is 0 Å². The maximum Gasteiger partial charge on any atom is 0.289 e. The van der Waals surface area contributed by atoms with Crippen LogP contribution < -0.4 is 0 Å². The third-order valence-electron chi connectivity index (χ3n) is 2.45. The van der Waals surface area contributed by atoms with Crippen LogP contribution in [0.2, 0.25) is 12.6 Å². The van der Waals surface area contributed by atoms with Crippen molar-refractivity contribution in [3.8, 4) is 0 Å². The molecule has 2 nitrogen and oxygen atoms in total. The molecule has 3 heteroatoms. The molecule has 1 saturated heterocycles. The first-order valence-electron chi connectivity index (χ1n) is 4.07. The van der Waals surface area contributed by atoms with E-state index in [1.165, 1.54) is 0 Å². The Hall–Kier alpha value is -0.0151. The van der Waals surface area contributed by atoms with E-state index in [0.717, 1.165) is 25.9 Å². The van der Waals surface area contributed by atoms with Gasteiger partial charge in [-0.25, -0.2) is 0 Å². The normalized spacial score (nSPS) is 23.1. The van der Waals surface area contributed by atoms with Crippen LogP contribution in [0.15, 0.2) is 0 Å². The van der Waals surface area contributed by atoms with E-state index in [2.05, 4.69) is 11.9 Å². The van der Waals surface area contributed by atoms with Crippen LogP contribution in [0.4, 0.5) is 0 Å². The summed E-state index contributed by atoms with van der Waals surface area (Å²) < 4.78 is 0. The largest absolute Gasteiger partial charge is 0.450 e. The molecule has 0 saturated carbocycles. The Bertz CT molecular complexity index is 99.8. The molecule has 0 amide bonds. The maximum absolute atomic E-state index is 9.24. The second-order valence-electron chi connectivity index (χ2n) is 3.38. The smallest absolute Gasteiger partial charge is 0.289 e. The average Bonchev–Trinajstić information content (AvgIpc) is 1.88. The molecule has 0 atom stereocenters. The number of rotatable bonds is 1. The summed E-state index contributed by atoms with van der Waals surface area (Å²) in [7, 11) is 2.14. The van der Waals surface area contributed by atoms with Crippen molar-refractivity contribution in [2.24, 2.45) is 0 Å². The van der Waals surface area contributed by atoms with Crippen LogP contribution in [0.25, 0.3) is 0 Å². The van der Waals surface area contributed by atoms with E-state index in [-0.39, 0.29) is 6.92 Å². The summed E-state index contributed by atoms with van der Waals surface area (Å²) in [4.78, 5) is 2.32. The van der Waals surface area contributed by atoms with Gasteiger partial charge in [0.05, 0.1) is 0 Å². The summed E-state index contributed by atoms with van der Waals surface area (Å²) in [6.45, 7) is 4.09. The van der Waals surface area contributed by atoms with Gasteiger partial charge < -0.3 is 9.92 Å². The van der Waals surface area contributed by atoms with Gasteiger partial charge in [-0.05, 0) is 38.8 Å². The SMILES string of the molecule is CB(O)C1CCN(C)CC1. The number of hydrogen-bond donors (Lipinski definition) is 1. The molecule has 58 valence electrons. The summed E-state index contributed by atoms with van der Waals surface area (Å²) >= 11 is 0. The lowest BCUT2D eigenvalue weighted by Crippen LogP contribution is -2.32. The summed E-state index contributed by atoms with van der Waals surface area (Å²) in [5.74, 6) is 0.552. The molecular formula is C7H16BNO. The zero-order valence-electron chi connectivity index (χ0n) is 6.88. The Morgan fingerprint density at radius 2 is 1.90 bits per heavy atom. The van der Waals surface area contributed by atoms with Crippen LogP contribution in [-0.2, 0) is 0 Å². The minimum atomic E-state index is -0.103. The van der Waals surface area contributed by atoms with Crippen molar-refractivity contribution in [2.45, 2.75) is 25.5 Å². The molecule has 0 radical (unpaired) electrons. The Morgan fingerprint density at radius 1 is 1.40 bits per heavy atom. The highest BCUT2D eigenvalue weighted by molar-refractivity contribution is 6.50. The van der Waals surface area contributed by atoms with Crippen LogP contribution in [0.1, 0.15) is 12.8 Å². The van der Waals surface area contributed by atoms with E-state index >= 15 is 0 Å². The second kappa shape index (κ2) is 3.40. The molecule has 1 heterocycles. The quantitative estimate of drug-likeness (QED) is 0.543. The highest BCUT2D eigenvalue weighted by Gasteiger charge is 2.23. The Kier molecular flexibility index (Phi) is 2.75. The van der Waals surface area contributed by atoms with Gasteiger partial charge in [0.15, 0.2) is 0 Å². The highest BCUT2D eigenvalue weighted by atomic mass is 16.2. The predicted octanol–water partition coefficient (Wildman–Crippen LogP) is 0.696. The molecule has 0 aliphatic carbocycles. The summed E-state index contributed by atoms with van der Waals surface area (Å²) in [6, 6.07) is 0. The molecular weight excluding hydrogens is 125 g/mol. The molecule has 0 spiro atoms. The maximum atomic E-state index is 9.24. The minimum absolute atomic E-state index is 0.103. The molecule has 1 rings (SSSR count). The lowest BCUT2D eigenvalue weighted by Gasteiger charge is -2.29. The molecule has 1 aliphatic rings. The number of nitrogens with zero attached hydrogens (tertiary/aromatic N) is 1. The van der Waals surface area contributed by atoms with Gasteiger partial charge in [-0.2, -0.15) is 0 Å². The second-order valence-corrected chi connectivity index (χ2v) is 3.38. The number of likely N-dealkylation sites (tertiary alicyclic amines) is 1. The third kappa shape index (κ3) is 1.99. The topological polar surface area (TPSA) is 23.5 Å². The minimum Gasteiger partial charge on any atom is -0.450 e. The van der Waals surface area contributed by atoms with Gasteiger partial charge in [-0.1, -0.05) is 6.82 Å².